The Morgan fingerprint density at radius 1 is 1.17 bits per heavy atom. The molecule has 2 nitrogen and oxygen atoms in total. The fraction of sp³-hybridized carbons (Fsp3) is 0.600. The summed E-state index contributed by atoms with van der Waals surface area (Å²) in [6.07, 6.45) is 0. The number of nitrogens with one attached hydrogen (secondary N) is 1. The Bertz CT molecular complexity index is 388. The van der Waals surface area contributed by atoms with Gasteiger partial charge in [-0.2, -0.15) is 0 Å². The molecule has 0 heterocycles. The van der Waals surface area contributed by atoms with Crippen molar-refractivity contribution in [2.24, 2.45) is 5.41 Å². The molecule has 0 spiro atoms. The Labute approximate surface area is 109 Å². The Hall–Kier alpha value is -0.930. The van der Waals surface area contributed by atoms with Crippen LogP contribution in [0.15, 0.2) is 24.3 Å². The number of halogens is 1. The number of rotatable bonds is 6. The van der Waals surface area contributed by atoms with Crippen LogP contribution in [-0.2, 0) is 5.41 Å². The highest BCUT2D eigenvalue weighted by molar-refractivity contribution is 5.24. The molecule has 0 atom stereocenters. The van der Waals surface area contributed by atoms with E-state index in [1.807, 2.05) is 19.9 Å². The molecular weight excluding hydrogens is 229 g/mol. The van der Waals surface area contributed by atoms with Gasteiger partial charge in [-0.25, -0.2) is 4.39 Å². The van der Waals surface area contributed by atoms with E-state index >= 15 is 0 Å². The van der Waals surface area contributed by atoms with Crippen molar-refractivity contribution >= 4 is 0 Å². The lowest BCUT2D eigenvalue weighted by Crippen LogP contribution is -2.39. The smallest absolute Gasteiger partial charge is 0.123 e. The van der Waals surface area contributed by atoms with E-state index in [0.29, 0.717) is 0 Å². The van der Waals surface area contributed by atoms with Crippen LogP contribution in [0.1, 0.15) is 33.3 Å². The molecule has 0 unspecified atom stereocenters. The molecule has 0 saturated heterocycles. The lowest BCUT2D eigenvalue weighted by atomic mass is 9.84. The van der Waals surface area contributed by atoms with Gasteiger partial charge in [0.15, 0.2) is 0 Å². The number of hydrogen-bond acceptors (Lipinski definition) is 2. The van der Waals surface area contributed by atoms with Gasteiger partial charge in [-0.3, -0.25) is 0 Å². The summed E-state index contributed by atoms with van der Waals surface area (Å²) >= 11 is 0. The fourth-order valence-electron chi connectivity index (χ4n) is 1.78. The van der Waals surface area contributed by atoms with Crippen molar-refractivity contribution in [3.05, 3.63) is 35.6 Å². The van der Waals surface area contributed by atoms with E-state index in [4.69, 9.17) is 0 Å². The van der Waals surface area contributed by atoms with Crippen LogP contribution in [0.5, 0.6) is 0 Å². The normalized spacial score (nSPS) is 12.8. The third-order valence-corrected chi connectivity index (χ3v) is 3.20. The van der Waals surface area contributed by atoms with Gasteiger partial charge in [-0.1, -0.05) is 39.8 Å². The molecule has 0 amide bonds. The van der Waals surface area contributed by atoms with Crippen molar-refractivity contribution in [1.29, 1.82) is 0 Å². The van der Waals surface area contributed by atoms with E-state index in [1.165, 1.54) is 6.07 Å². The zero-order chi connectivity index (χ0) is 13.8. The zero-order valence-electron chi connectivity index (χ0n) is 11.8. The van der Waals surface area contributed by atoms with E-state index in [-0.39, 0.29) is 23.3 Å². The second-order valence-electron chi connectivity index (χ2n) is 6.32. The number of aliphatic hydroxyl groups excluding tert-OH is 1. The second kappa shape index (κ2) is 5.81. The lowest BCUT2D eigenvalue weighted by molar-refractivity contribution is 0.155. The van der Waals surface area contributed by atoms with Gasteiger partial charge in [0.2, 0.25) is 0 Å². The second-order valence-corrected chi connectivity index (χ2v) is 6.32. The molecule has 1 aromatic carbocycles. The monoisotopic (exact) mass is 253 g/mol. The summed E-state index contributed by atoms with van der Waals surface area (Å²) in [7, 11) is 0. The van der Waals surface area contributed by atoms with Crippen LogP contribution in [0.25, 0.3) is 0 Å². The summed E-state index contributed by atoms with van der Waals surface area (Å²) in [5, 5.41) is 12.5. The van der Waals surface area contributed by atoms with Crippen LogP contribution in [0.2, 0.25) is 0 Å². The maximum absolute atomic E-state index is 13.2. The van der Waals surface area contributed by atoms with Crippen LogP contribution in [0, 0.1) is 11.2 Å². The van der Waals surface area contributed by atoms with Gasteiger partial charge in [0.05, 0.1) is 0 Å². The highest BCUT2D eigenvalue weighted by Crippen LogP contribution is 2.23. The van der Waals surface area contributed by atoms with Gasteiger partial charge in [0.25, 0.3) is 0 Å². The van der Waals surface area contributed by atoms with Crippen LogP contribution < -0.4 is 5.32 Å². The topological polar surface area (TPSA) is 32.3 Å². The Morgan fingerprint density at radius 2 is 1.83 bits per heavy atom. The van der Waals surface area contributed by atoms with Gasteiger partial charge in [0.1, 0.15) is 5.82 Å². The molecule has 0 aliphatic carbocycles. The van der Waals surface area contributed by atoms with Crippen molar-refractivity contribution in [3.63, 3.8) is 0 Å². The number of benzene rings is 1. The van der Waals surface area contributed by atoms with E-state index in [9.17, 15) is 9.50 Å². The zero-order valence-corrected chi connectivity index (χ0v) is 11.8. The first-order valence-corrected chi connectivity index (χ1v) is 6.34. The first kappa shape index (κ1) is 15.1. The summed E-state index contributed by atoms with van der Waals surface area (Å²) in [4.78, 5) is 0. The van der Waals surface area contributed by atoms with E-state index in [1.54, 1.807) is 12.1 Å². The van der Waals surface area contributed by atoms with E-state index in [0.717, 1.165) is 18.7 Å². The van der Waals surface area contributed by atoms with Crippen LogP contribution >= 0.6 is 0 Å². The Kier molecular flexibility index (Phi) is 4.88. The minimum Gasteiger partial charge on any atom is -0.396 e. The maximum Gasteiger partial charge on any atom is 0.123 e. The fourth-order valence-corrected chi connectivity index (χ4v) is 1.78. The minimum absolute atomic E-state index is 0.127. The molecule has 0 saturated carbocycles. The first-order chi connectivity index (χ1) is 8.27. The first-order valence-electron chi connectivity index (χ1n) is 6.34. The highest BCUT2D eigenvalue weighted by Gasteiger charge is 2.22. The third-order valence-electron chi connectivity index (χ3n) is 3.20. The predicted molar refractivity (Wildman–Crippen MR) is 73.2 cm³/mol. The molecule has 18 heavy (non-hydrogen) atoms. The summed E-state index contributed by atoms with van der Waals surface area (Å²) in [6.45, 7) is 9.83. The molecule has 0 aliphatic heterocycles. The molecule has 1 rings (SSSR count). The van der Waals surface area contributed by atoms with Crippen molar-refractivity contribution in [2.45, 2.75) is 33.1 Å². The van der Waals surface area contributed by atoms with Crippen molar-refractivity contribution in [2.75, 3.05) is 19.7 Å². The van der Waals surface area contributed by atoms with Gasteiger partial charge in [0, 0.05) is 30.5 Å². The quantitative estimate of drug-likeness (QED) is 0.817. The third kappa shape index (κ3) is 4.39. The van der Waals surface area contributed by atoms with Gasteiger partial charge < -0.3 is 10.4 Å². The average Bonchev–Trinajstić information content (AvgIpc) is 2.28. The molecule has 2 N–H and O–H groups in total. The largest absolute Gasteiger partial charge is 0.396 e. The molecule has 0 aliphatic rings. The Balaban J connectivity index is 2.60. The van der Waals surface area contributed by atoms with Crippen molar-refractivity contribution < 1.29 is 9.50 Å². The molecule has 3 heteroatoms. The molecule has 0 bridgehead atoms. The van der Waals surface area contributed by atoms with Gasteiger partial charge in [-0.05, 0) is 17.7 Å². The molecule has 1 aromatic rings. The van der Waals surface area contributed by atoms with Crippen LogP contribution in [0.3, 0.4) is 0 Å². The molecule has 0 radical (unpaired) electrons. The molecular formula is C15H24FNO. The molecule has 0 fully saturated rings. The number of aliphatic hydroxyl groups is 1. The number of hydrogen-bond donors (Lipinski definition) is 2. The maximum atomic E-state index is 13.2. The minimum atomic E-state index is -0.198. The summed E-state index contributed by atoms with van der Waals surface area (Å²) < 4.78 is 13.2. The molecule has 0 aromatic heterocycles. The predicted octanol–water partition coefficient (Wildman–Crippen LogP) is 2.71. The van der Waals surface area contributed by atoms with Gasteiger partial charge >= 0.3 is 0 Å². The van der Waals surface area contributed by atoms with E-state index < -0.39 is 0 Å². The van der Waals surface area contributed by atoms with Crippen LogP contribution in [-0.4, -0.2) is 24.8 Å². The summed E-state index contributed by atoms with van der Waals surface area (Å²) in [6, 6.07) is 6.73. The van der Waals surface area contributed by atoms with Crippen molar-refractivity contribution in [1.82, 2.24) is 5.32 Å². The highest BCUT2D eigenvalue weighted by atomic mass is 19.1. The van der Waals surface area contributed by atoms with Gasteiger partial charge in [-0.15, -0.1) is 0 Å². The van der Waals surface area contributed by atoms with E-state index in [2.05, 4.69) is 19.2 Å². The average molecular weight is 253 g/mol. The van der Waals surface area contributed by atoms with Crippen molar-refractivity contribution in [3.8, 4) is 0 Å². The Morgan fingerprint density at radius 3 is 2.39 bits per heavy atom. The summed E-state index contributed by atoms with van der Waals surface area (Å²) in [5.74, 6) is -0.198. The SMILES string of the molecule is CC(C)(CO)CNCC(C)(C)c1cccc(F)c1. The lowest BCUT2D eigenvalue weighted by Gasteiger charge is -2.29. The molecule has 102 valence electrons. The standard InChI is InChI=1S/C15H24FNO/c1-14(2,11-18)9-17-10-15(3,4)12-6-5-7-13(16)8-12/h5-8,17-18H,9-11H2,1-4H3. The van der Waals surface area contributed by atoms with Crippen LogP contribution in [0.4, 0.5) is 4.39 Å². The summed E-state index contributed by atoms with van der Waals surface area (Å²) in [5.41, 5.74) is 0.725.